The summed E-state index contributed by atoms with van der Waals surface area (Å²) in [6.45, 7) is 4.49. The molecule has 0 bridgehead atoms. The lowest BCUT2D eigenvalue weighted by Gasteiger charge is -2.22. The number of hydrogen-bond donors (Lipinski definition) is 1. The first-order valence-corrected chi connectivity index (χ1v) is 9.64. The van der Waals surface area contributed by atoms with Gasteiger partial charge in [0.05, 0.1) is 0 Å². The van der Waals surface area contributed by atoms with Gasteiger partial charge >= 0.3 is 0 Å². The molecule has 0 aliphatic carbocycles. The highest BCUT2D eigenvalue weighted by Crippen LogP contribution is 2.27. The van der Waals surface area contributed by atoms with E-state index in [1.54, 1.807) is 12.1 Å². The van der Waals surface area contributed by atoms with Gasteiger partial charge in [0.2, 0.25) is 0 Å². The van der Waals surface area contributed by atoms with Crippen molar-refractivity contribution in [3.63, 3.8) is 0 Å². The van der Waals surface area contributed by atoms with Crippen LogP contribution in [-0.2, 0) is 11.3 Å². The third-order valence-electron chi connectivity index (χ3n) is 4.98. The van der Waals surface area contributed by atoms with Crippen LogP contribution in [0.5, 0.6) is 5.75 Å². The lowest BCUT2D eigenvalue weighted by atomic mass is 10.0. The van der Waals surface area contributed by atoms with Gasteiger partial charge in [-0.3, -0.25) is 4.79 Å². The van der Waals surface area contributed by atoms with Gasteiger partial charge in [-0.15, -0.1) is 0 Å². The number of ether oxygens (including phenoxy) is 1. The summed E-state index contributed by atoms with van der Waals surface area (Å²) in [7, 11) is 0. The molecule has 5 heteroatoms. The lowest BCUT2D eigenvalue weighted by molar-refractivity contribution is -0.132. The molecule has 27 heavy (non-hydrogen) atoms. The molecule has 1 unspecified atom stereocenters. The number of para-hydroxylation sites is 1. The third kappa shape index (κ3) is 5.30. The summed E-state index contributed by atoms with van der Waals surface area (Å²) in [5.74, 6) is 0.560. The van der Waals surface area contributed by atoms with Gasteiger partial charge in [-0.25, -0.2) is 4.39 Å². The molecule has 1 atom stereocenters. The normalized spacial score (nSPS) is 15.0. The number of carbonyl (C=O) groups excluding carboxylic acids is 1. The van der Waals surface area contributed by atoms with Gasteiger partial charge in [0, 0.05) is 31.2 Å². The standard InChI is InChI=1S/C22H27FN2O2/c1-2-20(24-15-17-9-11-18(23)12-10-17)19-7-3-4-8-21(19)27-16-22(26)25-13-5-6-14-25/h3-4,7-12,20,24H,2,5-6,13-16H2,1H3. The average molecular weight is 370 g/mol. The van der Waals surface area contributed by atoms with Crippen LogP contribution in [0.3, 0.4) is 0 Å². The van der Waals surface area contributed by atoms with E-state index in [1.165, 1.54) is 12.1 Å². The zero-order valence-corrected chi connectivity index (χ0v) is 15.8. The molecular formula is C22H27FN2O2. The molecule has 1 fully saturated rings. The van der Waals surface area contributed by atoms with Crippen molar-refractivity contribution < 1.29 is 13.9 Å². The molecule has 1 amide bonds. The quantitative estimate of drug-likeness (QED) is 0.762. The minimum atomic E-state index is -0.229. The Morgan fingerprint density at radius 3 is 2.56 bits per heavy atom. The lowest BCUT2D eigenvalue weighted by Crippen LogP contribution is -2.32. The Hall–Kier alpha value is -2.40. The van der Waals surface area contributed by atoms with Crippen molar-refractivity contribution in [2.75, 3.05) is 19.7 Å². The number of amides is 1. The Balaban J connectivity index is 1.63. The molecule has 0 radical (unpaired) electrons. The maximum atomic E-state index is 13.1. The van der Waals surface area contributed by atoms with Crippen molar-refractivity contribution in [1.82, 2.24) is 10.2 Å². The van der Waals surface area contributed by atoms with Crippen molar-refractivity contribution >= 4 is 5.91 Å². The SMILES string of the molecule is CCC(NCc1ccc(F)cc1)c1ccccc1OCC(=O)N1CCCC1. The molecule has 2 aromatic carbocycles. The molecule has 144 valence electrons. The van der Waals surface area contributed by atoms with Gasteiger partial charge in [-0.05, 0) is 43.0 Å². The first-order valence-electron chi connectivity index (χ1n) is 9.64. The maximum absolute atomic E-state index is 13.1. The maximum Gasteiger partial charge on any atom is 0.260 e. The van der Waals surface area contributed by atoms with E-state index < -0.39 is 0 Å². The fraction of sp³-hybridized carbons (Fsp3) is 0.409. The van der Waals surface area contributed by atoms with Crippen LogP contribution in [0, 0.1) is 5.82 Å². The van der Waals surface area contributed by atoms with E-state index >= 15 is 0 Å². The number of halogens is 1. The first-order chi connectivity index (χ1) is 13.2. The summed E-state index contributed by atoms with van der Waals surface area (Å²) >= 11 is 0. The van der Waals surface area contributed by atoms with E-state index in [1.807, 2.05) is 29.2 Å². The molecule has 3 rings (SSSR count). The Bertz CT molecular complexity index is 742. The number of carbonyl (C=O) groups is 1. The molecule has 1 heterocycles. The first kappa shape index (κ1) is 19.4. The summed E-state index contributed by atoms with van der Waals surface area (Å²) in [5, 5.41) is 3.51. The third-order valence-corrected chi connectivity index (χ3v) is 4.98. The van der Waals surface area contributed by atoms with Crippen molar-refractivity contribution in [2.45, 2.75) is 38.8 Å². The molecule has 2 aromatic rings. The largest absolute Gasteiger partial charge is 0.483 e. The number of benzene rings is 2. The van der Waals surface area contributed by atoms with Gasteiger partial charge < -0.3 is 15.0 Å². The highest BCUT2D eigenvalue weighted by Gasteiger charge is 2.20. The van der Waals surface area contributed by atoms with E-state index in [-0.39, 0.29) is 24.4 Å². The molecule has 1 aliphatic heterocycles. The predicted molar refractivity (Wildman–Crippen MR) is 104 cm³/mol. The van der Waals surface area contributed by atoms with E-state index in [9.17, 15) is 9.18 Å². The second-order valence-corrected chi connectivity index (χ2v) is 6.88. The second kappa shape index (κ2) is 9.51. The molecular weight excluding hydrogens is 343 g/mol. The predicted octanol–water partition coefficient (Wildman–Crippen LogP) is 4.07. The average Bonchev–Trinajstić information content (AvgIpc) is 3.24. The van der Waals surface area contributed by atoms with Crippen LogP contribution in [0.25, 0.3) is 0 Å². The van der Waals surface area contributed by atoms with Crippen molar-refractivity contribution in [2.24, 2.45) is 0 Å². The Morgan fingerprint density at radius 2 is 1.85 bits per heavy atom. The van der Waals surface area contributed by atoms with E-state index in [0.29, 0.717) is 6.54 Å². The molecule has 0 spiro atoms. The summed E-state index contributed by atoms with van der Waals surface area (Å²) in [5.41, 5.74) is 2.06. The topological polar surface area (TPSA) is 41.6 Å². The summed E-state index contributed by atoms with van der Waals surface area (Å²) in [6, 6.07) is 14.4. The molecule has 1 N–H and O–H groups in total. The van der Waals surface area contributed by atoms with Gasteiger partial charge in [0.1, 0.15) is 11.6 Å². The van der Waals surface area contributed by atoms with Crippen LogP contribution in [0.2, 0.25) is 0 Å². The number of nitrogens with one attached hydrogen (secondary N) is 1. The second-order valence-electron chi connectivity index (χ2n) is 6.88. The van der Waals surface area contributed by atoms with E-state index in [4.69, 9.17) is 4.74 Å². The van der Waals surface area contributed by atoms with E-state index in [2.05, 4.69) is 12.2 Å². The molecule has 1 saturated heterocycles. The van der Waals surface area contributed by atoms with Crippen LogP contribution in [-0.4, -0.2) is 30.5 Å². The highest BCUT2D eigenvalue weighted by atomic mass is 19.1. The van der Waals surface area contributed by atoms with Crippen LogP contribution in [0.4, 0.5) is 4.39 Å². The van der Waals surface area contributed by atoms with Gasteiger partial charge in [0.15, 0.2) is 6.61 Å². The minimum absolute atomic E-state index is 0.0506. The molecule has 4 nitrogen and oxygen atoms in total. The Labute approximate surface area is 160 Å². The summed E-state index contributed by atoms with van der Waals surface area (Å²) in [6.07, 6.45) is 3.03. The van der Waals surface area contributed by atoms with Crippen LogP contribution < -0.4 is 10.1 Å². The van der Waals surface area contributed by atoms with Gasteiger partial charge in [-0.1, -0.05) is 37.3 Å². The van der Waals surface area contributed by atoms with Crippen molar-refractivity contribution in [3.8, 4) is 5.75 Å². The van der Waals surface area contributed by atoms with Crippen LogP contribution >= 0.6 is 0 Å². The smallest absolute Gasteiger partial charge is 0.260 e. The molecule has 0 aromatic heterocycles. The van der Waals surface area contributed by atoms with Gasteiger partial charge in [-0.2, -0.15) is 0 Å². The monoisotopic (exact) mass is 370 g/mol. The Kier molecular flexibility index (Phi) is 6.82. The van der Waals surface area contributed by atoms with Crippen molar-refractivity contribution in [1.29, 1.82) is 0 Å². The van der Waals surface area contributed by atoms with Crippen LogP contribution in [0.15, 0.2) is 48.5 Å². The van der Waals surface area contributed by atoms with Gasteiger partial charge in [0.25, 0.3) is 5.91 Å². The number of hydrogen-bond acceptors (Lipinski definition) is 3. The number of nitrogens with zero attached hydrogens (tertiary/aromatic N) is 1. The summed E-state index contributed by atoms with van der Waals surface area (Å²) in [4.78, 5) is 14.1. The van der Waals surface area contributed by atoms with E-state index in [0.717, 1.165) is 49.2 Å². The van der Waals surface area contributed by atoms with Crippen molar-refractivity contribution in [3.05, 3.63) is 65.5 Å². The van der Waals surface area contributed by atoms with Crippen LogP contribution in [0.1, 0.15) is 43.4 Å². The highest BCUT2D eigenvalue weighted by molar-refractivity contribution is 5.78. The molecule has 0 saturated carbocycles. The molecule has 1 aliphatic rings. The summed E-state index contributed by atoms with van der Waals surface area (Å²) < 4.78 is 18.9. The number of likely N-dealkylation sites (tertiary alicyclic amines) is 1. The Morgan fingerprint density at radius 1 is 1.15 bits per heavy atom. The number of rotatable bonds is 8. The minimum Gasteiger partial charge on any atom is -0.483 e. The zero-order valence-electron chi connectivity index (χ0n) is 15.8. The fourth-order valence-corrected chi connectivity index (χ4v) is 3.41. The fourth-order valence-electron chi connectivity index (χ4n) is 3.41. The zero-order chi connectivity index (χ0) is 19.1.